The van der Waals surface area contributed by atoms with E-state index in [4.69, 9.17) is 9.47 Å². The van der Waals surface area contributed by atoms with Gasteiger partial charge in [-0.3, -0.25) is 4.79 Å². The molecular weight excluding hydrogens is 374 g/mol. The molecule has 0 spiro atoms. The monoisotopic (exact) mass is 401 g/mol. The van der Waals surface area contributed by atoms with Crippen molar-refractivity contribution < 1.29 is 19.1 Å². The molecule has 1 heterocycles. The molecule has 0 unspecified atom stereocenters. The van der Waals surface area contributed by atoms with E-state index in [-0.39, 0.29) is 12.5 Å². The number of unbranched alkanes of at least 4 members (excludes halogenated alkanes) is 1. The van der Waals surface area contributed by atoms with E-state index in [2.05, 4.69) is 12.2 Å². The minimum absolute atomic E-state index is 0.290. The standard InChI is InChI=1S/C22H27NO4S/c1-4-7-14-27-19-11-9-8-10-16(19)12-13-20(24)23-21-18(22(25)26-6-3)15-17(5-2)28-21/h8-13,15H,4-7,14H2,1-3H3,(H,23,24). The number of hydrogen-bond acceptors (Lipinski definition) is 5. The molecule has 2 rings (SSSR count). The van der Waals surface area contributed by atoms with Crippen LogP contribution in [-0.4, -0.2) is 25.1 Å². The Morgan fingerprint density at radius 1 is 1.18 bits per heavy atom. The molecule has 0 fully saturated rings. The fourth-order valence-corrected chi connectivity index (χ4v) is 3.45. The lowest BCUT2D eigenvalue weighted by atomic mass is 10.2. The molecule has 1 aromatic heterocycles. The molecule has 1 amide bonds. The van der Waals surface area contributed by atoms with E-state index in [9.17, 15) is 9.59 Å². The van der Waals surface area contributed by atoms with Gasteiger partial charge in [-0.05, 0) is 38.0 Å². The Bertz CT molecular complexity index is 826. The van der Waals surface area contributed by atoms with Gasteiger partial charge in [0.2, 0.25) is 5.91 Å². The molecule has 0 saturated carbocycles. The average molecular weight is 402 g/mol. The summed E-state index contributed by atoms with van der Waals surface area (Å²) in [5.41, 5.74) is 1.23. The molecule has 2 aromatic rings. The van der Waals surface area contributed by atoms with E-state index in [0.717, 1.165) is 35.5 Å². The van der Waals surface area contributed by atoms with Gasteiger partial charge in [0, 0.05) is 16.5 Å². The van der Waals surface area contributed by atoms with Crippen LogP contribution in [0.2, 0.25) is 0 Å². The highest BCUT2D eigenvalue weighted by atomic mass is 32.1. The number of aryl methyl sites for hydroxylation is 1. The molecule has 0 saturated heterocycles. The van der Waals surface area contributed by atoms with Gasteiger partial charge in [0.25, 0.3) is 0 Å². The van der Waals surface area contributed by atoms with E-state index in [0.29, 0.717) is 17.2 Å². The lowest BCUT2D eigenvalue weighted by molar-refractivity contribution is -0.111. The van der Waals surface area contributed by atoms with Gasteiger partial charge in [-0.2, -0.15) is 0 Å². The first-order valence-electron chi connectivity index (χ1n) is 9.59. The first kappa shape index (κ1) is 21.7. The number of carbonyl (C=O) groups is 2. The maximum atomic E-state index is 12.4. The van der Waals surface area contributed by atoms with Crippen molar-refractivity contribution in [2.45, 2.75) is 40.0 Å². The number of nitrogens with one attached hydrogen (secondary N) is 1. The van der Waals surface area contributed by atoms with Gasteiger partial charge in [0.1, 0.15) is 10.8 Å². The Kier molecular flexibility index (Phi) is 8.75. The second-order valence-electron chi connectivity index (χ2n) is 6.09. The molecule has 0 atom stereocenters. The van der Waals surface area contributed by atoms with Gasteiger partial charge >= 0.3 is 5.97 Å². The minimum atomic E-state index is -0.424. The van der Waals surface area contributed by atoms with Crippen LogP contribution >= 0.6 is 11.3 Å². The summed E-state index contributed by atoms with van der Waals surface area (Å²) in [4.78, 5) is 25.5. The van der Waals surface area contributed by atoms with Crippen LogP contribution in [0.5, 0.6) is 5.75 Å². The normalized spacial score (nSPS) is 10.8. The highest BCUT2D eigenvalue weighted by molar-refractivity contribution is 7.16. The van der Waals surface area contributed by atoms with E-state index in [1.807, 2.05) is 31.2 Å². The molecule has 150 valence electrons. The first-order chi connectivity index (χ1) is 13.6. The predicted octanol–water partition coefficient (Wildman–Crippen LogP) is 5.32. The molecule has 5 nitrogen and oxygen atoms in total. The van der Waals surface area contributed by atoms with Crippen LogP contribution < -0.4 is 10.1 Å². The summed E-state index contributed by atoms with van der Waals surface area (Å²) >= 11 is 1.39. The molecular formula is C22H27NO4S. The zero-order chi connectivity index (χ0) is 20.4. The summed E-state index contributed by atoms with van der Waals surface area (Å²) in [7, 11) is 0. The van der Waals surface area contributed by atoms with Gasteiger partial charge in [0.05, 0.1) is 18.8 Å². The molecule has 0 aliphatic rings. The number of benzene rings is 1. The fourth-order valence-electron chi connectivity index (χ4n) is 2.46. The molecule has 6 heteroatoms. The zero-order valence-electron chi connectivity index (χ0n) is 16.6. The van der Waals surface area contributed by atoms with Gasteiger partial charge in [0.15, 0.2) is 0 Å². The van der Waals surface area contributed by atoms with Gasteiger partial charge in [-0.1, -0.05) is 38.5 Å². The van der Waals surface area contributed by atoms with E-state index < -0.39 is 5.97 Å². The summed E-state index contributed by atoms with van der Waals surface area (Å²) in [5, 5.41) is 3.31. The smallest absolute Gasteiger partial charge is 0.341 e. The van der Waals surface area contributed by atoms with Crippen molar-refractivity contribution in [1.82, 2.24) is 0 Å². The van der Waals surface area contributed by atoms with Crippen LogP contribution in [0, 0.1) is 0 Å². The van der Waals surface area contributed by atoms with Crippen LogP contribution in [0.15, 0.2) is 36.4 Å². The number of amides is 1. The molecule has 0 aliphatic heterocycles. The van der Waals surface area contributed by atoms with Gasteiger partial charge < -0.3 is 14.8 Å². The molecule has 28 heavy (non-hydrogen) atoms. The third-order valence-electron chi connectivity index (χ3n) is 3.95. The SMILES string of the molecule is CCCCOc1ccccc1C=CC(=O)Nc1sc(CC)cc1C(=O)OCC. The number of thiophene rings is 1. The zero-order valence-corrected chi connectivity index (χ0v) is 17.4. The number of para-hydroxylation sites is 1. The third-order valence-corrected chi connectivity index (χ3v) is 5.15. The second-order valence-corrected chi connectivity index (χ2v) is 7.23. The van der Waals surface area contributed by atoms with Crippen LogP contribution in [0.1, 0.15) is 54.4 Å². The molecule has 0 bridgehead atoms. The fraction of sp³-hybridized carbons (Fsp3) is 0.364. The summed E-state index contributed by atoms with van der Waals surface area (Å²) < 4.78 is 10.9. The number of rotatable bonds is 10. The number of esters is 1. The number of hydrogen-bond donors (Lipinski definition) is 1. The molecule has 1 aromatic carbocycles. The average Bonchev–Trinajstić information content (AvgIpc) is 3.10. The molecule has 1 N–H and O–H groups in total. The van der Waals surface area contributed by atoms with Crippen molar-refractivity contribution in [3.05, 3.63) is 52.4 Å². The summed E-state index contributed by atoms with van der Waals surface area (Å²) in [6.07, 6.45) is 5.99. The van der Waals surface area contributed by atoms with Crippen LogP contribution in [0.4, 0.5) is 5.00 Å². The Morgan fingerprint density at radius 3 is 2.68 bits per heavy atom. The first-order valence-corrected chi connectivity index (χ1v) is 10.4. The summed E-state index contributed by atoms with van der Waals surface area (Å²) in [6, 6.07) is 9.37. The lowest BCUT2D eigenvalue weighted by Crippen LogP contribution is -2.11. The Balaban J connectivity index is 2.10. The van der Waals surface area contributed by atoms with E-state index in [1.54, 1.807) is 19.1 Å². The third kappa shape index (κ3) is 6.23. The predicted molar refractivity (Wildman–Crippen MR) is 114 cm³/mol. The van der Waals surface area contributed by atoms with Crippen LogP contribution in [0.3, 0.4) is 0 Å². The lowest BCUT2D eigenvalue weighted by Gasteiger charge is -2.08. The van der Waals surface area contributed by atoms with Crippen LogP contribution in [-0.2, 0) is 16.0 Å². The largest absolute Gasteiger partial charge is 0.493 e. The van der Waals surface area contributed by atoms with Crippen molar-refractivity contribution in [3.8, 4) is 5.75 Å². The van der Waals surface area contributed by atoms with Crippen molar-refractivity contribution >= 4 is 34.3 Å². The van der Waals surface area contributed by atoms with Gasteiger partial charge in [-0.15, -0.1) is 11.3 Å². The second kappa shape index (κ2) is 11.3. The van der Waals surface area contributed by atoms with Crippen molar-refractivity contribution in [2.24, 2.45) is 0 Å². The quantitative estimate of drug-likeness (QED) is 0.332. The topological polar surface area (TPSA) is 64.6 Å². The minimum Gasteiger partial charge on any atom is -0.493 e. The Labute approximate surface area is 170 Å². The molecule has 0 radical (unpaired) electrons. The van der Waals surface area contributed by atoms with Crippen LogP contribution in [0.25, 0.3) is 6.08 Å². The maximum Gasteiger partial charge on any atom is 0.341 e. The highest BCUT2D eigenvalue weighted by Gasteiger charge is 2.18. The molecule has 0 aliphatic carbocycles. The number of ether oxygens (including phenoxy) is 2. The van der Waals surface area contributed by atoms with Gasteiger partial charge in [-0.25, -0.2) is 4.79 Å². The Hall–Kier alpha value is -2.60. The van der Waals surface area contributed by atoms with E-state index >= 15 is 0 Å². The summed E-state index contributed by atoms with van der Waals surface area (Å²) in [5.74, 6) is 0.0161. The number of anilines is 1. The number of carbonyl (C=O) groups excluding carboxylic acids is 2. The van der Waals surface area contributed by atoms with Crippen molar-refractivity contribution in [3.63, 3.8) is 0 Å². The van der Waals surface area contributed by atoms with E-state index in [1.165, 1.54) is 17.4 Å². The Morgan fingerprint density at radius 2 is 1.96 bits per heavy atom. The summed E-state index contributed by atoms with van der Waals surface area (Å²) in [6.45, 7) is 6.80. The highest BCUT2D eigenvalue weighted by Crippen LogP contribution is 2.29. The van der Waals surface area contributed by atoms with Crippen molar-refractivity contribution in [1.29, 1.82) is 0 Å². The maximum absolute atomic E-state index is 12.4. The van der Waals surface area contributed by atoms with Crippen molar-refractivity contribution in [2.75, 3.05) is 18.5 Å².